The Bertz CT molecular complexity index is 964. The second-order valence-corrected chi connectivity index (χ2v) is 8.30. The van der Waals surface area contributed by atoms with Crippen LogP contribution in [0.2, 0.25) is 0 Å². The first-order valence-corrected chi connectivity index (χ1v) is 9.43. The van der Waals surface area contributed by atoms with Gasteiger partial charge < -0.3 is 20.3 Å². The number of rotatable bonds is 3. The molecule has 0 saturated carbocycles. The number of carbonyl (C=O) groups excluding carboxylic acids is 2. The van der Waals surface area contributed by atoms with Gasteiger partial charge in [0.15, 0.2) is 0 Å². The number of methoxy groups -OCH3 is 1. The minimum Gasteiger partial charge on any atom is -0.383 e. The molecule has 28 heavy (non-hydrogen) atoms. The zero-order chi connectivity index (χ0) is 20.1. The molecule has 2 aromatic carbocycles. The topological polar surface area (TPSA) is 70.7 Å². The highest BCUT2D eigenvalue weighted by molar-refractivity contribution is 6.14. The minimum absolute atomic E-state index is 0.0875. The van der Waals surface area contributed by atoms with Crippen molar-refractivity contribution in [3.63, 3.8) is 0 Å². The first kappa shape index (κ1) is 18.5. The van der Waals surface area contributed by atoms with Gasteiger partial charge in [-0.1, -0.05) is 39.0 Å². The van der Waals surface area contributed by atoms with Crippen LogP contribution in [-0.4, -0.2) is 37.0 Å². The number of hydrogen-bond donors (Lipinski definition) is 2. The summed E-state index contributed by atoms with van der Waals surface area (Å²) in [6.07, 6.45) is 0. The van der Waals surface area contributed by atoms with Crippen LogP contribution in [0.1, 0.15) is 42.3 Å². The average Bonchev–Trinajstić information content (AvgIpc) is 2.92. The Morgan fingerprint density at radius 3 is 2.54 bits per heavy atom. The first-order chi connectivity index (χ1) is 13.3. The van der Waals surface area contributed by atoms with Crippen LogP contribution < -0.4 is 10.6 Å². The third kappa shape index (κ3) is 2.59. The van der Waals surface area contributed by atoms with E-state index >= 15 is 0 Å². The second-order valence-electron chi connectivity index (χ2n) is 8.30. The summed E-state index contributed by atoms with van der Waals surface area (Å²) in [5.74, 6) is -0.442. The van der Waals surface area contributed by atoms with Gasteiger partial charge in [-0.25, -0.2) is 0 Å². The molecule has 2 heterocycles. The average molecular weight is 379 g/mol. The molecule has 146 valence electrons. The Morgan fingerprint density at radius 1 is 1.07 bits per heavy atom. The first-order valence-electron chi connectivity index (χ1n) is 9.43. The van der Waals surface area contributed by atoms with Crippen molar-refractivity contribution in [1.82, 2.24) is 4.90 Å². The van der Waals surface area contributed by atoms with Crippen molar-refractivity contribution in [2.24, 2.45) is 0 Å². The second kappa shape index (κ2) is 6.34. The Hall–Kier alpha value is -2.86. The minimum atomic E-state index is -1.29. The van der Waals surface area contributed by atoms with E-state index in [9.17, 15) is 9.59 Å². The van der Waals surface area contributed by atoms with Crippen LogP contribution in [0, 0.1) is 0 Å². The van der Waals surface area contributed by atoms with Crippen molar-refractivity contribution < 1.29 is 14.3 Å². The van der Waals surface area contributed by atoms with Crippen molar-refractivity contribution in [2.75, 3.05) is 30.9 Å². The number of ether oxygens (including phenoxy) is 1. The molecule has 0 radical (unpaired) electrons. The lowest BCUT2D eigenvalue weighted by atomic mass is 9.83. The molecule has 4 rings (SSSR count). The zero-order valence-electron chi connectivity index (χ0n) is 16.6. The van der Waals surface area contributed by atoms with Crippen LogP contribution in [0.4, 0.5) is 11.4 Å². The summed E-state index contributed by atoms with van der Waals surface area (Å²) in [6, 6.07) is 13.3. The molecule has 0 fully saturated rings. The summed E-state index contributed by atoms with van der Waals surface area (Å²) in [5, 5.41) is 6.34. The van der Waals surface area contributed by atoms with E-state index in [0.29, 0.717) is 24.4 Å². The van der Waals surface area contributed by atoms with Gasteiger partial charge in [0.1, 0.15) is 0 Å². The van der Waals surface area contributed by atoms with E-state index in [1.54, 1.807) is 18.1 Å². The Balaban J connectivity index is 1.94. The lowest BCUT2D eigenvalue weighted by Gasteiger charge is -2.44. The SMILES string of the molecule is COCCN1C(=O)c2ccccc2N[C@]12C(=O)Nc1ccc(C(C)(C)C)cc12. The van der Waals surface area contributed by atoms with E-state index in [0.717, 1.165) is 16.8 Å². The summed E-state index contributed by atoms with van der Waals surface area (Å²) in [7, 11) is 1.59. The standard InChI is InChI=1S/C22H25N3O3/c1-21(2,3)14-9-10-18-16(13-14)22(20(27)23-18)24-17-8-6-5-7-15(17)19(26)25(22)11-12-28-4/h5-10,13,24H,11-12H2,1-4H3,(H,23,27)/t22-/m0/s1. The monoisotopic (exact) mass is 379 g/mol. The highest BCUT2D eigenvalue weighted by Crippen LogP contribution is 2.46. The van der Waals surface area contributed by atoms with Gasteiger partial charge in [0, 0.05) is 30.6 Å². The fourth-order valence-corrected chi connectivity index (χ4v) is 3.94. The van der Waals surface area contributed by atoms with E-state index in [2.05, 4.69) is 31.4 Å². The van der Waals surface area contributed by atoms with Crippen molar-refractivity contribution >= 4 is 23.2 Å². The van der Waals surface area contributed by atoms with Crippen molar-refractivity contribution in [3.05, 3.63) is 59.2 Å². The molecule has 2 aromatic rings. The van der Waals surface area contributed by atoms with Crippen LogP contribution in [0.5, 0.6) is 0 Å². The third-order valence-electron chi connectivity index (χ3n) is 5.49. The molecule has 1 spiro atoms. The number of benzene rings is 2. The summed E-state index contributed by atoms with van der Waals surface area (Å²) in [5.41, 5.74) is 2.42. The highest BCUT2D eigenvalue weighted by Gasteiger charge is 2.56. The van der Waals surface area contributed by atoms with E-state index in [4.69, 9.17) is 4.74 Å². The maximum atomic E-state index is 13.4. The molecule has 2 aliphatic rings. The quantitative estimate of drug-likeness (QED) is 0.858. The lowest BCUT2D eigenvalue weighted by molar-refractivity contribution is -0.125. The fraction of sp³-hybridized carbons (Fsp3) is 0.364. The third-order valence-corrected chi connectivity index (χ3v) is 5.49. The van der Waals surface area contributed by atoms with Crippen LogP contribution in [-0.2, 0) is 20.6 Å². The zero-order valence-corrected chi connectivity index (χ0v) is 16.6. The number of amides is 2. The van der Waals surface area contributed by atoms with E-state index in [1.165, 1.54) is 0 Å². The van der Waals surface area contributed by atoms with Crippen molar-refractivity contribution in [3.8, 4) is 0 Å². The van der Waals surface area contributed by atoms with Crippen LogP contribution in [0.25, 0.3) is 0 Å². The number of hydrogen-bond acceptors (Lipinski definition) is 4. The smallest absolute Gasteiger partial charge is 0.276 e. The molecular weight excluding hydrogens is 354 g/mol. The predicted molar refractivity (Wildman–Crippen MR) is 108 cm³/mol. The lowest BCUT2D eigenvalue weighted by Crippen LogP contribution is -2.62. The number of para-hydroxylation sites is 1. The summed E-state index contributed by atoms with van der Waals surface area (Å²) in [4.78, 5) is 28.3. The normalized spacial score (nSPS) is 20.6. The molecule has 0 aromatic heterocycles. The largest absolute Gasteiger partial charge is 0.383 e. The number of nitrogens with zero attached hydrogens (tertiary/aromatic N) is 1. The van der Waals surface area contributed by atoms with Crippen molar-refractivity contribution in [2.45, 2.75) is 31.8 Å². The molecule has 1 atom stereocenters. The Morgan fingerprint density at radius 2 is 1.82 bits per heavy atom. The fourth-order valence-electron chi connectivity index (χ4n) is 3.94. The maximum Gasteiger partial charge on any atom is 0.276 e. The molecule has 0 bridgehead atoms. The van der Waals surface area contributed by atoms with Gasteiger partial charge in [-0.05, 0) is 35.2 Å². The van der Waals surface area contributed by atoms with Crippen LogP contribution >= 0.6 is 0 Å². The summed E-state index contributed by atoms with van der Waals surface area (Å²) < 4.78 is 5.23. The van der Waals surface area contributed by atoms with Gasteiger partial charge in [-0.3, -0.25) is 9.59 Å². The molecule has 0 saturated heterocycles. The highest BCUT2D eigenvalue weighted by atomic mass is 16.5. The van der Waals surface area contributed by atoms with E-state index in [-0.39, 0.29) is 17.2 Å². The van der Waals surface area contributed by atoms with Gasteiger partial charge in [-0.2, -0.15) is 0 Å². The molecule has 6 nitrogen and oxygen atoms in total. The Kier molecular flexibility index (Phi) is 4.19. The van der Waals surface area contributed by atoms with E-state index in [1.807, 2.05) is 36.4 Å². The van der Waals surface area contributed by atoms with Crippen LogP contribution in [0.3, 0.4) is 0 Å². The summed E-state index contributed by atoms with van der Waals surface area (Å²) >= 11 is 0. The predicted octanol–water partition coefficient (Wildman–Crippen LogP) is 3.30. The summed E-state index contributed by atoms with van der Waals surface area (Å²) in [6.45, 7) is 7.01. The molecule has 0 unspecified atom stereocenters. The van der Waals surface area contributed by atoms with Gasteiger partial charge in [0.05, 0.1) is 12.2 Å². The van der Waals surface area contributed by atoms with Crippen molar-refractivity contribution in [1.29, 1.82) is 0 Å². The molecular formula is C22H25N3O3. The van der Waals surface area contributed by atoms with E-state index < -0.39 is 5.66 Å². The Labute approximate surface area is 164 Å². The van der Waals surface area contributed by atoms with Gasteiger partial charge >= 0.3 is 0 Å². The number of fused-ring (bicyclic) bond motifs is 3. The molecule has 2 aliphatic heterocycles. The molecule has 2 amide bonds. The van der Waals surface area contributed by atoms with Gasteiger partial charge in [-0.15, -0.1) is 0 Å². The molecule has 2 N–H and O–H groups in total. The maximum absolute atomic E-state index is 13.4. The van der Waals surface area contributed by atoms with Crippen LogP contribution in [0.15, 0.2) is 42.5 Å². The van der Waals surface area contributed by atoms with Gasteiger partial charge in [0.2, 0.25) is 5.66 Å². The molecule has 6 heteroatoms. The number of anilines is 2. The number of nitrogens with one attached hydrogen (secondary N) is 2. The number of carbonyl (C=O) groups is 2. The molecule has 0 aliphatic carbocycles. The van der Waals surface area contributed by atoms with Gasteiger partial charge in [0.25, 0.3) is 11.8 Å².